The summed E-state index contributed by atoms with van der Waals surface area (Å²) in [6, 6.07) is 17.0. The average Bonchev–Trinajstić information content (AvgIpc) is 3.44. The molecule has 0 bridgehead atoms. The van der Waals surface area contributed by atoms with Crippen molar-refractivity contribution in [2.45, 2.75) is 37.0 Å². The van der Waals surface area contributed by atoms with Crippen molar-refractivity contribution in [3.05, 3.63) is 82.5 Å². The van der Waals surface area contributed by atoms with Crippen molar-refractivity contribution in [3.63, 3.8) is 0 Å². The van der Waals surface area contributed by atoms with E-state index >= 15 is 0 Å². The smallest absolute Gasteiger partial charge is 0.357 e. The fourth-order valence-electron chi connectivity index (χ4n) is 3.99. The minimum absolute atomic E-state index is 0.282. The van der Waals surface area contributed by atoms with E-state index in [1.165, 1.54) is 11.3 Å². The molecule has 1 unspecified atom stereocenters. The molecule has 2 aromatic heterocycles. The van der Waals surface area contributed by atoms with Gasteiger partial charge in [-0.1, -0.05) is 42.5 Å². The Morgan fingerprint density at radius 2 is 1.91 bits per heavy atom. The van der Waals surface area contributed by atoms with Crippen LogP contribution in [0.25, 0.3) is 16.4 Å². The van der Waals surface area contributed by atoms with Crippen LogP contribution >= 0.6 is 11.3 Å². The molecule has 1 fully saturated rings. The fourth-order valence-corrected chi connectivity index (χ4v) is 5.14. The molecule has 2 heterocycles. The topological polar surface area (TPSA) is 97.1 Å². The first-order valence-electron chi connectivity index (χ1n) is 11.1. The van der Waals surface area contributed by atoms with Gasteiger partial charge < -0.3 is 9.29 Å². The van der Waals surface area contributed by atoms with Crippen molar-refractivity contribution >= 4 is 28.4 Å². The SMILES string of the molecule is CCOC(=O)c1csc(-n2nc(-c3ccccc3)c(Cc3ccc([SH+](=O)[O-])cc3)c2C2CC2)n1. The molecular formula is C25H23N3O4S2. The second-order valence-electron chi connectivity index (χ2n) is 8.10. The number of hydrogen-bond donors (Lipinski definition) is 0. The lowest BCUT2D eigenvalue weighted by molar-refractivity contribution is 0.0520. The van der Waals surface area contributed by atoms with Gasteiger partial charge in [-0.15, -0.1) is 15.5 Å². The molecule has 0 saturated heterocycles. The van der Waals surface area contributed by atoms with Crippen LogP contribution in [0.1, 0.15) is 53.0 Å². The van der Waals surface area contributed by atoms with Gasteiger partial charge in [0.2, 0.25) is 5.13 Å². The highest BCUT2D eigenvalue weighted by Crippen LogP contribution is 2.45. The van der Waals surface area contributed by atoms with E-state index in [1.807, 2.05) is 47.1 Å². The van der Waals surface area contributed by atoms with Crippen LogP contribution < -0.4 is 0 Å². The van der Waals surface area contributed by atoms with E-state index in [9.17, 15) is 13.6 Å². The molecule has 5 rings (SSSR count). The van der Waals surface area contributed by atoms with Crippen molar-refractivity contribution in [2.75, 3.05) is 6.61 Å². The van der Waals surface area contributed by atoms with Crippen molar-refractivity contribution in [1.82, 2.24) is 14.8 Å². The summed E-state index contributed by atoms with van der Waals surface area (Å²) < 4.78 is 29.6. The molecule has 9 heteroatoms. The Balaban J connectivity index is 1.61. The molecule has 0 amide bonds. The summed E-state index contributed by atoms with van der Waals surface area (Å²) in [4.78, 5) is 17.0. The van der Waals surface area contributed by atoms with Crippen LogP contribution in [0.2, 0.25) is 0 Å². The van der Waals surface area contributed by atoms with Crippen LogP contribution in [-0.2, 0) is 26.4 Å². The summed E-state index contributed by atoms with van der Waals surface area (Å²) in [6.45, 7) is 2.06. The van der Waals surface area contributed by atoms with Gasteiger partial charge in [-0.25, -0.2) is 14.5 Å². The molecule has 0 spiro atoms. The maximum Gasteiger partial charge on any atom is 0.357 e. The number of esters is 1. The quantitative estimate of drug-likeness (QED) is 0.198. The molecule has 4 aromatic rings. The molecular weight excluding hydrogens is 470 g/mol. The zero-order valence-electron chi connectivity index (χ0n) is 18.5. The van der Waals surface area contributed by atoms with E-state index < -0.39 is 17.0 Å². The summed E-state index contributed by atoms with van der Waals surface area (Å²) in [5, 5.41) is 7.32. The number of thiazole rings is 1. The largest absolute Gasteiger partial charge is 0.612 e. The van der Waals surface area contributed by atoms with E-state index in [0.717, 1.165) is 40.9 Å². The highest BCUT2D eigenvalue weighted by atomic mass is 32.2. The van der Waals surface area contributed by atoms with Crippen LogP contribution in [0.15, 0.2) is 64.9 Å². The molecule has 34 heavy (non-hydrogen) atoms. The zero-order chi connectivity index (χ0) is 23.7. The van der Waals surface area contributed by atoms with Crippen LogP contribution in [-0.4, -0.2) is 31.9 Å². The Labute approximate surface area is 203 Å². The molecule has 0 aliphatic heterocycles. The zero-order valence-corrected chi connectivity index (χ0v) is 20.2. The molecule has 1 aliphatic carbocycles. The molecule has 0 N–H and O–H groups in total. The van der Waals surface area contributed by atoms with Gasteiger partial charge in [-0.05, 0) is 37.5 Å². The lowest BCUT2D eigenvalue weighted by atomic mass is 9.97. The number of nitrogens with zero attached hydrogens (tertiary/aromatic N) is 3. The van der Waals surface area contributed by atoms with Crippen LogP contribution in [0, 0.1) is 0 Å². The normalized spacial score (nSPS) is 14.2. The Morgan fingerprint density at radius 1 is 1.18 bits per heavy atom. The van der Waals surface area contributed by atoms with Crippen molar-refractivity contribution in [2.24, 2.45) is 0 Å². The first kappa shape index (κ1) is 22.6. The first-order valence-corrected chi connectivity index (χ1v) is 13.1. The Bertz CT molecular complexity index is 1340. The lowest BCUT2D eigenvalue weighted by Crippen LogP contribution is -2.07. The van der Waals surface area contributed by atoms with Gasteiger partial charge in [0.25, 0.3) is 0 Å². The highest BCUT2D eigenvalue weighted by molar-refractivity contribution is 7.79. The summed E-state index contributed by atoms with van der Waals surface area (Å²) >= 11 is -1.24. The summed E-state index contributed by atoms with van der Waals surface area (Å²) in [5.41, 5.74) is 5.35. The van der Waals surface area contributed by atoms with Crippen LogP contribution in [0.4, 0.5) is 0 Å². The van der Waals surface area contributed by atoms with Gasteiger partial charge in [-0.2, -0.15) is 5.10 Å². The van der Waals surface area contributed by atoms with Gasteiger partial charge >= 0.3 is 5.97 Å². The lowest BCUT2D eigenvalue weighted by Gasteiger charge is -2.08. The fraction of sp³-hybridized carbons (Fsp3) is 0.240. The van der Waals surface area contributed by atoms with E-state index in [-0.39, 0.29) is 5.69 Å². The number of carbonyl (C=O) groups is 1. The predicted molar refractivity (Wildman–Crippen MR) is 130 cm³/mol. The van der Waals surface area contributed by atoms with Gasteiger partial charge in [0.05, 0.1) is 29.1 Å². The van der Waals surface area contributed by atoms with E-state index in [2.05, 4.69) is 4.98 Å². The van der Waals surface area contributed by atoms with E-state index in [0.29, 0.717) is 29.0 Å². The third kappa shape index (κ3) is 4.59. The average molecular weight is 494 g/mol. The Kier molecular flexibility index (Phi) is 6.40. The molecule has 174 valence electrons. The third-order valence-electron chi connectivity index (χ3n) is 5.72. The van der Waals surface area contributed by atoms with E-state index in [4.69, 9.17) is 9.84 Å². The van der Waals surface area contributed by atoms with Crippen molar-refractivity contribution in [3.8, 4) is 16.4 Å². The second kappa shape index (κ2) is 9.61. The van der Waals surface area contributed by atoms with Gasteiger partial charge in [-0.3, -0.25) is 0 Å². The number of ether oxygens (including phenoxy) is 1. The summed E-state index contributed by atoms with van der Waals surface area (Å²) in [6.07, 6.45) is 2.75. The third-order valence-corrected chi connectivity index (χ3v) is 7.26. The van der Waals surface area contributed by atoms with Gasteiger partial charge in [0, 0.05) is 28.8 Å². The number of rotatable bonds is 8. The summed E-state index contributed by atoms with van der Waals surface area (Å²) in [7, 11) is 0. The Hall–Kier alpha value is -3.14. The van der Waals surface area contributed by atoms with Crippen LogP contribution in [0.5, 0.6) is 0 Å². The number of aromatic nitrogens is 3. The molecule has 1 atom stereocenters. The number of benzene rings is 2. The Morgan fingerprint density at radius 3 is 2.56 bits per heavy atom. The first-order chi connectivity index (χ1) is 16.5. The molecule has 1 aliphatic rings. The van der Waals surface area contributed by atoms with Crippen LogP contribution in [0.3, 0.4) is 0 Å². The maximum absolute atomic E-state index is 12.2. The molecule has 0 radical (unpaired) electrons. The maximum atomic E-state index is 12.2. The van der Waals surface area contributed by atoms with Crippen molar-refractivity contribution < 1.29 is 18.3 Å². The highest BCUT2D eigenvalue weighted by Gasteiger charge is 2.34. The standard InChI is InChI=1S/C25H23N3O4S2/c1-2-32-24(29)21-15-33-25(26-21)28-23(18-10-11-18)20(22(27-28)17-6-4-3-5-7-17)14-16-8-12-19(13-9-16)34(30)31/h3-9,12-13,15,18,34H,2,10-11,14H2,1H3. The predicted octanol–water partition coefficient (Wildman–Crippen LogP) is 4.83. The second-order valence-corrected chi connectivity index (χ2v) is 9.97. The van der Waals surface area contributed by atoms with E-state index in [1.54, 1.807) is 24.4 Å². The molecule has 2 aromatic carbocycles. The molecule has 7 nitrogen and oxygen atoms in total. The number of carbonyl (C=O) groups excluding carboxylic acids is 1. The monoisotopic (exact) mass is 493 g/mol. The summed E-state index contributed by atoms with van der Waals surface area (Å²) in [5.74, 6) is -0.0734. The van der Waals surface area contributed by atoms with Gasteiger partial charge in [0.15, 0.2) is 10.6 Å². The van der Waals surface area contributed by atoms with Gasteiger partial charge in [0.1, 0.15) is 0 Å². The molecule has 1 saturated carbocycles. The minimum Gasteiger partial charge on any atom is -0.612 e. The minimum atomic E-state index is -2.61. The number of hydrogen-bond acceptors (Lipinski definition) is 7. The van der Waals surface area contributed by atoms with Crippen molar-refractivity contribution in [1.29, 1.82) is 0 Å². The number of thiol groups is 1.